The van der Waals surface area contributed by atoms with E-state index in [1.54, 1.807) is 24.3 Å². The van der Waals surface area contributed by atoms with Crippen LogP contribution >= 0.6 is 0 Å². The van der Waals surface area contributed by atoms with Crippen molar-refractivity contribution in [2.45, 2.75) is 6.92 Å². The van der Waals surface area contributed by atoms with E-state index in [9.17, 15) is 18.0 Å². The maximum atomic E-state index is 12.0. The number of methoxy groups -OCH3 is 1. The third kappa shape index (κ3) is 5.92. The van der Waals surface area contributed by atoms with Crippen molar-refractivity contribution in [3.8, 4) is 0 Å². The molecule has 9 heteroatoms. The second-order valence-electron chi connectivity index (χ2n) is 4.51. The molecule has 0 fully saturated rings. The Hall–Kier alpha value is -2.42. The maximum absolute atomic E-state index is 12.0. The number of nitrogens with one attached hydrogen (secondary N) is 1. The highest BCUT2D eigenvalue weighted by atomic mass is 32.2. The Morgan fingerprint density at radius 3 is 2.32 bits per heavy atom. The smallest absolute Gasteiger partial charge is 0.332 e. The number of urea groups is 1. The number of nitrogens with two attached hydrogens (primary N) is 1. The summed E-state index contributed by atoms with van der Waals surface area (Å²) in [7, 11) is -2.70. The lowest BCUT2D eigenvalue weighted by Crippen LogP contribution is -2.30. The lowest BCUT2D eigenvalue weighted by Gasteiger charge is -2.08. The Kier molecular flexibility index (Phi) is 6.05. The Morgan fingerprint density at radius 1 is 1.23 bits per heavy atom. The first-order chi connectivity index (χ1) is 10.2. The van der Waals surface area contributed by atoms with Gasteiger partial charge in [-0.25, -0.2) is 18.6 Å². The molecule has 0 heterocycles. The Balaban J connectivity index is 3.06. The number of ether oxygens (including phenoxy) is 1. The van der Waals surface area contributed by atoms with Crippen molar-refractivity contribution in [2.24, 2.45) is 10.8 Å². The summed E-state index contributed by atoms with van der Waals surface area (Å²) >= 11 is 0. The number of primary amides is 1. The normalized spacial score (nSPS) is 11.8. The Labute approximate surface area is 128 Å². The predicted octanol–water partition coefficient (Wildman–Crippen LogP) is -0.0448. The highest BCUT2D eigenvalue weighted by Crippen LogP contribution is 2.07. The number of nitrogens with zero attached hydrogens (tertiary/aromatic N) is 1. The molecule has 0 atom stereocenters. The van der Waals surface area contributed by atoms with E-state index in [2.05, 4.69) is 9.84 Å². The summed E-state index contributed by atoms with van der Waals surface area (Å²) in [5.41, 5.74) is 8.46. The minimum absolute atomic E-state index is 0.0719. The zero-order valence-electron chi connectivity index (χ0n) is 12.2. The van der Waals surface area contributed by atoms with Gasteiger partial charge in [-0.1, -0.05) is 29.8 Å². The van der Waals surface area contributed by atoms with Gasteiger partial charge in [0, 0.05) is 0 Å². The third-order valence-electron chi connectivity index (χ3n) is 2.61. The van der Waals surface area contributed by atoms with Gasteiger partial charge in [0.15, 0.2) is 9.84 Å². The van der Waals surface area contributed by atoms with Gasteiger partial charge in [-0.2, -0.15) is 5.10 Å². The predicted molar refractivity (Wildman–Crippen MR) is 81.1 cm³/mol. The summed E-state index contributed by atoms with van der Waals surface area (Å²) < 4.78 is 28.3. The van der Waals surface area contributed by atoms with Crippen molar-refractivity contribution in [3.05, 3.63) is 35.4 Å². The van der Waals surface area contributed by atoms with Gasteiger partial charge in [0.25, 0.3) is 0 Å². The summed E-state index contributed by atoms with van der Waals surface area (Å²) in [6.45, 7) is 1.87. The zero-order chi connectivity index (χ0) is 16.8. The van der Waals surface area contributed by atoms with Crippen LogP contribution in [-0.2, 0) is 19.4 Å². The van der Waals surface area contributed by atoms with Crippen LogP contribution in [0.15, 0.2) is 29.4 Å². The van der Waals surface area contributed by atoms with Crippen LogP contribution in [0.1, 0.15) is 11.1 Å². The molecular weight excluding hydrogens is 310 g/mol. The SMILES string of the molecule is COC(=O)CS(=O)(=O)C/C(=N/NC(N)=O)c1ccc(C)cc1. The van der Waals surface area contributed by atoms with Crippen molar-refractivity contribution < 1.29 is 22.7 Å². The monoisotopic (exact) mass is 327 g/mol. The number of carbonyl (C=O) groups is 2. The molecule has 0 aliphatic rings. The van der Waals surface area contributed by atoms with E-state index in [1.165, 1.54) is 0 Å². The zero-order valence-corrected chi connectivity index (χ0v) is 13.0. The van der Waals surface area contributed by atoms with Crippen LogP contribution in [0.25, 0.3) is 0 Å². The first kappa shape index (κ1) is 17.6. The first-order valence-corrected chi connectivity index (χ1v) is 8.02. The van der Waals surface area contributed by atoms with Gasteiger partial charge in [0.1, 0.15) is 5.75 Å². The number of esters is 1. The first-order valence-electron chi connectivity index (χ1n) is 6.20. The third-order valence-corrected chi connectivity index (χ3v) is 4.00. The molecule has 0 aromatic heterocycles. The molecule has 8 nitrogen and oxygen atoms in total. The molecule has 1 rings (SSSR count). The van der Waals surface area contributed by atoms with Gasteiger partial charge < -0.3 is 10.5 Å². The van der Waals surface area contributed by atoms with Crippen LogP contribution in [0, 0.1) is 6.92 Å². The molecule has 1 aromatic rings. The van der Waals surface area contributed by atoms with Gasteiger partial charge in [-0.05, 0) is 12.5 Å². The number of hydrazone groups is 1. The quantitative estimate of drug-likeness (QED) is 0.430. The minimum Gasteiger partial charge on any atom is -0.468 e. The summed E-state index contributed by atoms with van der Waals surface area (Å²) in [6, 6.07) is 5.93. The van der Waals surface area contributed by atoms with Crippen molar-refractivity contribution in [2.75, 3.05) is 18.6 Å². The van der Waals surface area contributed by atoms with E-state index >= 15 is 0 Å². The maximum Gasteiger partial charge on any atom is 0.332 e. The molecular formula is C13H17N3O5S. The fourth-order valence-corrected chi connectivity index (χ4v) is 2.77. The lowest BCUT2D eigenvalue weighted by atomic mass is 10.1. The minimum atomic E-state index is -3.80. The number of sulfone groups is 1. The molecule has 120 valence electrons. The molecule has 0 unspecified atom stereocenters. The summed E-state index contributed by atoms with van der Waals surface area (Å²) in [4.78, 5) is 21.9. The van der Waals surface area contributed by atoms with Crippen molar-refractivity contribution in [3.63, 3.8) is 0 Å². The molecule has 0 radical (unpaired) electrons. The molecule has 22 heavy (non-hydrogen) atoms. The van der Waals surface area contributed by atoms with Gasteiger partial charge in [-0.3, -0.25) is 4.79 Å². The molecule has 0 spiro atoms. The number of hydrogen-bond acceptors (Lipinski definition) is 6. The van der Waals surface area contributed by atoms with Crippen molar-refractivity contribution >= 4 is 27.5 Å². The van der Waals surface area contributed by atoms with E-state index in [1.807, 2.05) is 12.3 Å². The van der Waals surface area contributed by atoms with E-state index < -0.39 is 33.3 Å². The van der Waals surface area contributed by atoms with Crippen molar-refractivity contribution in [1.29, 1.82) is 0 Å². The highest BCUT2D eigenvalue weighted by Gasteiger charge is 2.21. The van der Waals surface area contributed by atoms with Gasteiger partial charge in [0.05, 0.1) is 18.6 Å². The largest absolute Gasteiger partial charge is 0.468 e. The number of carbonyl (C=O) groups excluding carboxylic acids is 2. The number of amides is 2. The number of benzene rings is 1. The second-order valence-corrected chi connectivity index (χ2v) is 6.57. The van der Waals surface area contributed by atoms with Crippen LogP contribution in [0.5, 0.6) is 0 Å². The Morgan fingerprint density at radius 2 is 1.82 bits per heavy atom. The molecule has 3 N–H and O–H groups in total. The highest BCUT2D eigenvalue weighted by molar-refractivity contribution is 7.92. The van der Waals surface area contributed by atoms with E-state index in [4.69, 9.17) is 5.73 Å². The van der Waals surface area contributed by atoms with Gasteiger partial charge >= 0.3 is 12.0 Å². The van der Waals surface area contributed by atoms with Crippen LogP contribution in [0.2, 0.25) is 0 Å². The molecule has 0 saturated heterocycles. The van der Waals surface area contributed by atoms with Gasteiger partial charge in [0.2, 0.25) is 0 Å². The van der Waals surface area contributed by atoms with Crippen LogP contribution < -0.4 is 11.2 Å². The molecule has 0 saturated carbocycles. The fourth-order valence-electron chi connectivity index (χ4n) is 1.55. The molecule has 0 aliphatic heterocycles. The van der Waals surface area contributed by atoms with Crippen LogP contribution in [0.3, 0.4) is 0 Å². The average molecular weight is 327 g/mol. The van der Waals surface area contributed by atoms with Crippen LogP contribution in [0.4, 0.5) is 4.79 Å². The number of hydrogen-bond donors (Lipinski definition) is 2. The average Bonchev–Trinajstić information content (AvgIpc) is 2.43. The summed E-state index contributed by atoms with van der Waals surface area (Å²) in [6.07, 6.45) is 0. The Bertz CT molecular complexity index is 680. The number of rotatable bonds is 6. The standard InChI is InChI=1S/C13H17N3O5S/c1-9-3-5-10(6-4-9)11(15-16-13(14)18)7-22(19,20)8-12(17)21-2/h3-6H,7-8H2,1-2H3,(H3,14,16,18)/b15-11-. The molecule has 0 bridgehead atoms. The van der Waals surface area contributed by atoms with Gasteiger partial charge in [-0.15, -0.1) is 0 Å². The van der Waals surface area contributed by atoms with E-state index in [0.29, 0.717) is 5.56 Å². The fraction of sp³-hybridized carbons (Fsp3) is 0.308. The molecule has 0 aliphatic carbocycles. The summed E-state index contributed by atoms with van der Waals surface area (Å²) in [5.74, 6) is -2.18. The second kappa shape index (κ2) is 7.55. The van der Waals surface area contributed by atoms with E-state index in [-0.39, 0.29) is 5.71 Å². The van der Waals surface area contributed by atoms with E-state index in [0.717, 1.165) is 12.7 Å². The van der Waals surface area contributed by atoms with Crippen LogP contribution in [-0.4, -0.2) is 44.7 Å². The number of aryl methyl sites for hydroxylation is 1. The topological polar surface area (TPSA) is 128 Å². The van der Waals surface area contributed by atoms with Crippen molar-refractivity contribution in [1.82, 2.24) is 5.43 Å². The lowest BCUT2D eigenvalue weighted by molar-refractivity contribution is -0.137. The molecule has 1 aromatic carbocycles. The molecule has 2 amide bonds. The summed E-state index contributed by atoms with van der Waals surface area (Å²) in [5, 5.41) is 3.70.